The predicted molar refractivity (Wildman–Crippen MR) is 144 cm³/mol. The summed E-state index contributed by atoms with van der Waals surface area (Å²) >= 11 is 0. The van der Waals surface area contributed by atoms with Crippen LogP contribution >= 0.6 is 24.0 Å². The summed E-state index contributed by atoms with van der Waals surface area (Å²) in [6.07, 6.45) is 2.36. The van der Waals surface area contributed by atoms with E-state index < -0.39 is 0 Å². The highest BCUT2D eigenvalue weighted by Gasteiger charge is 2.21. The van der Waals surface area contributed by atoms with Crippen molar-refractivity contribution >= 4 is 47.4 Å². The first-order chi connectivity index (χ1) is 15.5. The summed E-state index contributed by atoms with van der Waals surface area (Å²) in [6, 6.07) is 15.8. The fraction of sp³-hybridized carbons (Fsp3) is 0.400. The molecule has 1 heterocycles. The number of amides is 2. The Morgan fingerprint density at radius 3 is 2.48 bits per heavy atom. The predicted octanol–water partition coefficient (Wildman–Crippen LogP) is 3.43. The lowest BCUT2D eigenvalue weighted by atomic mass is 10.1. The van der Waals surface area contributed by atoms with Gasteiger partial charge in [-0.1, -0.05) is 24.3 Å². The molecule has 2 aromatic rings. The summed E-state index contributed by atoms with van der Waals surface area (Å²) in [5, 5.41) is 6.63. The van der Waals surface area contributed by atoms with Gasteiger partial charge in [-0.15, -0.1) is 24.0 Å². The average Bonchev–Trinajstić information content (AvgIpc) is 3.23. The van der Waals surface area contributed by atoms with Crippen molar-refractivity contribution in [1.82, 2.24) is 15.5 Å². The second kappa shape index (κ2) is 13.2. The van der Waals surface area contributed by atoms with E-state index >= 15 is 0 Å². The molecule has 0 aromatic heterocycles. The standard InChI is InChI=1S/C25H33N5O2.HI/c1-4-26-25(27-15-14-19-7-5-8-21(17-19)24(32)29(2)3)28-18-20-10-12-22(13-11-20)30-16-6-9-23(30)31;/h5,7-8,10-13,17H,4,6,9,14-16,18H2,1-3H3,(H2,26,27,28);1H. The van der Waals surface area contributed by atoms with Gasteiger partial charge in [0, 0.05) is 51.4 Å². The number of nitrogens with zero attached hydrogens (tertiary/aromatic N) is 3. The van der Waals surface area contributed by atoms with Crippen LogP contribution in [0.15, 0.2) is 53.5 Å². The summed E-state index contributed by atoms with van der Waals surface area (Å²) < 4.78 is 0. The van der Waals surface area contributed by atoms with E-state index in [1.807, 2.05) is 60.4 Å². The number of hydrogen-bond donors (Lipinski definition) is 2. The topological polar surface area (TPSA) is 77.0 Å². The zero-order valence-corrected chi connectivity index (χ0v) is 22.0. The Labute approximate surface area is 213 Å². The minimum atomic E-state index is 0. The molecule has 1 aliphatic rings. The molecule has 1 aliphatic heterocycles. The number of halogens is 1. The van der Waals surface area contributed by atoms with Gasteiger partial charge in [-0.2, -0.15) is 0 Å². The minimum Gasteiger partial charge on any atom is -0.357 e. The van der Waals surface area contributed by atoms with Crippen LogP contribution in [-0.4, -0.2) is 56.4 Å². The van der Waals surface area contributed by atoms with Crippen molar-refractivity contribution in [2.24, 2.45) is 4.99 Å². The van der Waals surface area contributed by atoms with E-state index in [4.69, 9.17) is 0 Å². The lowest BCUT2D eigenvalue weighted by molar-refractivity contribution is -0.117. The first-order valence-corrected chi connectivity index (χ1v) is 11.2. The van der Waals surface area contributed by atoms with Crippen LogP contribution in [0.4, 0.5) is 5.69 Å². The molecule has 7 nitrogen and oxygen atoms in total. The number of guanidine groups is 1. The Morgan fingerprint density at radius 2 is 1.85 bits per heavy atom. The third kappa shape index (κ3) is 7.73. The van der Waals surface area contributed by atoms with Gasteiger partial charge in [-0.25, -0.2) is 4.99 Å². The summed E-state index contributed by atoms with van der Waals surface area (Å²) in [5.74, 6) is 0.965. The molecule has 33 heavy (non-hydrogen) atoms. The molecular formula is C25H34IN5O2. The van der Waals surface area contributed by atoms with Gasteiger partial charge in [-0.05, 0) is 55.2 Å². The zero-order valence-electron chi connectivity index (χ0n) is 19.6. The summed E-state index contributed by atoms with van der Waals surface area (Å²) in [6.45, 7) is 4.87. The molecule has 0 bridgehead atoms. The molecule has 1 saturated heterocycles. The normalized spacial score (nSPS) is 13.5. The first-order valence-electron chi connectivity index (χ1n) is 11.2. The molecule has 0 unspecified atom stereocenters. The van der Waals surface area contributed by atoms with Crippen LogP contribution in [0.2, 0.25) is 0 Å². The summed E-state index contributed by atoms with van der Waals surface area (Å²) in [5.41, 5.74) is 3.85. The van der Waals surface area contributed by atoms with Gasteiger partial charge in [0.15, 0.2) is 5.96 Å². The van der Waals surface area contributed by atoms with E-state index in [9.17, 15) is 9.59 Å². The van der Waals surface area contributed by atoms with Crippen LogP contribution in [0.1, 0.15) is 41.3 Å². The molecule has 2 N–H and O–H groups in total. The van der Waals surface area contributed by atoms with Gasteiger partial charge < -0.3 is 20.4 Å². The van der Waals surface area contributed by atoms with Crippen molar-refractivity contribution in [3.05, 3.63) is 65.2 Å². The van der Waals surface area contributed by atoms with Crippen molar-refractivity contribution in [3.63, 3.8) is 0 Å². The third-order valence-corrected chi connectivity index (χ3v) is 5.37. The van der Waals surface area contributed by atoms with Gasteiger partial charge in [0.2, 0.25) is 5.91 Å². The van der Waals surface area contributed by atoms with Gasteiger partial charge >= 0.3 is 0 Å². The Balaban J connectivity index is 0.00000385. The Morgan fingerprint density at radius 1 is 1.09 bits per heavy atom. The van der Waals surface area contributed by atoms with Gasteiger partial charge in [0.05, 0.1) is 6.54 Å². The second-order valence-electron chi connectivity index (χ2n) is 8.09. The maximum Gasteiger partial charge on any atom is 0.253 e. The summed E-state index contributed by atoms with van der Waals surface area (Å²) in [4.78, 5) is 32.2. The van der Waals surface area contributed by atoms with E-state index in [1.165, 1.54) is 0 Å². The molecule has 0 aliphatic carbocycles. The quantitative estimate of drug-likeness (QED) is 0.293. The molecule has 0 saturated carbocycles. The van der Waals surface area contributed by atoms with E-state index in [0.717, 1.165) is 48.7 Å². The molecule has 0 atom stereocenters. The molecule has 0 radical (unpaired) electrons. The second-order valence-corrected chi connectivity index (χ2v) is 8.09. The maximum absolute atomic E-state index is 12.2. The van der Waals surface area contributed by atoms with Crippen LogP contribution in [-0.2, 0) is 17.8 Å². The van der Waals surface area contributed by atoms with Crippen molar-refractivity contribution in [2.45, 2.75) is 32.7 Å². The lowest BCUT2D eigenvalue weighted by Gasteiger charge is -2.16. The molecule has 0 spiro atoms. The number of anilines is 1. The van der Waals surface area contributed by atoms with E-state index in [1.54, 1.807) is 19.0 Å². The zero-order chi connectivity index (χ0) is 22.9. The van der Waals surface area contributed by atoms with Crippen molar-refractivity contribution in [1.29, 1.82) is 0 Å². The van der Waals surface area contributed by atoms with Crippen LogP contribution < -0.4 is 15.5 Å². The Bertz CT molecular complexity index is 960. The van der Waals surface area contributed by atoms with Crippen LogP contribution in [0.5, 0.6) is 0 Å². The number of hydrogen-bond acceptors (Lipinski definition) is 3. The molecule has 2 aromatic carbocycles. The minimum absolute atomic E-state index is 0. The number of benzene rings is 2. The highest BCUT2D eigenvalue weighted by Crippen LogP contribution is 2.21. The highest BCUT2D eigenvalue weighted by atomic mass is 127. The van der Waals surface area contributed by atoms with E-state index in [0.29, 0.717) is 25.1 Å². The lowest BCUT2D eigenvalue weighted by Crippen LogP contribution is -2.38. The number of aliphatic imine (C=N–C) groups is 1. The van der Waals surface area contributed by atoms with Crippen molar-refractivity contribution < 1.29 is 9.59 Å². The molecule has 8 heteroatoms. The molecule has 2 amide bonds. The number of carbonyl (C=O) groups is 2. The smallest absolute Gasteiger partial charge is 0.253 e. The fourth-order valence-corrected chi connectivity index (χ4v) is 3.66. The monoisotopic (exact) mass is 563 g/mol. The van der Waals surface area contributed by atoms with Gasteiger partial charge in [0.1, 0.15) is 0 Å². The highest BCUT2D eigenvalue weighted by molar-refractivity contribution is 14.0. The Hall–Kier alpha value is -2.62. The molecule has 3 rings (SSSR count). The Kier molecular flexibility index (Phi) is 10.6. The largest absolute Gasteiger partial charge is 0.357 e. The fourth-order valence-electron chi connectivity index (χ4n) is 3.66. The average molecular weight is 563 g/mol. The van der Waals surface area contributed by atoms with E-state index in [-0.39, 0.29) is 35.8 Å². The number of nitrogens with one attached hydrogen (secondary N) is 2. The van der Waals surface area contributed by atoms with Gasteiger partial charge in [-0.3, -0.25) is 9.59 Å². The van der Waals surface area contributed by atoms with Crippen LogP contribution in [0, 0.1) is 0 Å². The van der Waals surface area contributed by atoms with Crippen LogP contribution in [0.3, 0.4) is 0 Å². The first kappa shape index (κ1) is 26.6. The SMILES string of the molecule is CCNC(=NCc1ccc(N2CCCC2=O)cc1)NCCc1cccc(C(=O)N(C)C)c1.I. The van der Waals surface area contributed by atoms with Crippen LogP contribution in [0.25, 0.3) is 0 Å². The van der Waals surface area contributed by atoms with Crippen molar-refractivity contribution in [2.75, 3.05) is 38.6 Å². The van der Waals surface area contributed by atoms with E-state index in [2.05, 4.69) is 15.6 Å². The third-order valence-electron chi connectivity index (χ3n) is 5.37. The molecule has 178 valence electrons. The maximum atomic E-state index is 12.2. The molecule has 1 fully saturated rings. The van der Waals surface area contributed by atoms with Crippen molar-refractivity contribution in [3.8, 4) is 0 Å². The number of rotatable bonds is 8. The van der Waals surface area contributed by atoms with Gasteiger partial charge in [0.25, 0.3) is 5.91 Å². The molecular weight excluding hydrogens is 529 g/mol. The number of carbonyl (C=O) groups excluding carboxylic acids is 2. The summed E-state index contributed by atoms with van der Waals surface area (Å²) in [7, 11) is 3.52.